The van der Waals surface area contributed by atoms with Crippen molar-refractivity contribution in [3.63, 3.8) is 0 Å². The van der Waals surface area contributed by atoms with Gasteiger partial charge in [0.1, 0.15) is 33.7 Å². The molecule has 0 aliphatic heterocycles. The largest absolute Gasteiger partial charge is 0.378 e. The lowest BCUT2D eigenvalue weighted by atomic mass is 9.78. The Bertz CT molecular complexity index is 1490. The maximum absolute atomic E-state index is 12.6. The number of hydrogen-bond donors (Lipinski definition) is 1. The Morgan fingerprint density at radius 3 is 1.47 bits per heavy atom. The molecule has 0 amide bonds. The van der Waals surface area contributed by atoms with Gasteiger partial charge in [-0.3, -0.25) is 0 Å². The van der Waals surface area contributed by atoms with E-state index in [4.69, 9.17) is 10.2 Å². The molecule has 1 N–H and O–H groups in total. The maximum atomic E-state index is 12.6. The van der Waals surface area contributed by atoms with Crippen LogP contribution in [0.1, 0.15) is 30.0 Å². The summed E-state index contributed by atoms with van der Waals surface area (Å²) in [5.74, 6) is 0. The third-order valence-electron chi connectivity index (χ3n) is 6.65. The molecule has 7 nitrogen and oxygen atoms in total. The average Bonchev–Trinajstić information content (AvgIpc) is 3.55. The molecule has 0 fully saturated rings. The van der Waals surface area contributed by atoms with E-state index in [1.54, 1.807) is 9.59 Å². The second-order valence-corrected chi connectivity index (χ2v) is 8.95. The van der Waals surface area contributed by atoms with E-state index < -0.39 is 11.6 Å². The zero-order valence-electron chi connectivity index (χ0n) is 19.7. The summed E-state index contributed by atoms with van der Waals surface area (Å²) in [6.07, 6.45) is 1.34. The molecule has 6 rings (SSSR count). The Morgan fingerprint density at radius 1 is 0.583 bits per heavy atom. The smallest absolute Gasteiger partial charge is 0.139 e. The Balaban J connectivity index is 1.41. The van der Waals surface area contributed by atoms with Crippen LogP contribution in [0.2, 0.25) is 0 Å². The molecule has 1 unspecified atom stereocenters. The third-order valence-corrected chi connectivity index (χ3v) is 6.65. The van der Waals surface area contributed by atoms with Crippen LogP contribution in [-0.4, -0.2) is 35.1 Å². The predicted molar refractivity (Wildman–Crippen MR) is 139 cm³/mol. The molecule has 0 saturated carbocycles. The number of hydrogen-bond acceptors (Lipinski definition) is 5. The molecule has 1 atom stereocenters. The molecule has 0 bridgehead atoms. The molecule has 0 spiro atoms. The van der Waals surface area contributed by atoms with Gasteiger partial charge in [0, 0.05) is 0 Å². The van der Waals surface area contributed by atoms with E-state index in [1.165, 1.54) is 0 Å². The fourth-order valence-electron chi connectivity index (χ4n) is 4.87. The number of aliphatic hydroxyl groups is 1. The highest BCUT2D eigenvalue weighted by molar-refractivity contribution is 5.73. The van der Waals surface area contributed by atoms with Gasteiger partial charge in [0.15, 0.2) is 0 Å². The van der Waals surface area contributed by atoms with Gasteiger partial charge in [-0.25, -0.2) is 0 Å². The molecule has 2 heterocycles. The van der Waals surface area contributed by atoms with E-state index in [2.05, 4.69) is 10.2 Å². The third kappa shape index (κ3) is 4.03. The molecule has 2 aromatic heterocycles. The van der Waals surface area contributed by atoms with Crippen molar-refractivity contribution in [2.45, 2.75) is 31.0 Å². The first kappa shape index (κ1) is 22.1. The first-order valence-corrected chi connectivity index (χ1v) is 12.2. The van der Waals surface area contributed by atoms with Gasteiger partial charge in [-0.15, -0.1) is 0 Å². The van der Waals surface area contributed by atoms with Gasteiger partial charge in [-0.1, -0.05) is 84.9 Å². The van der Waals surface area contributed by atoms with Gasteiger partial charge < -0.3 is 5.11 Å². The van der Waals surface area contributed by atoms with Gasteiger partial charge in [0.05, 0.1) is 6.54 Å². The summed E-state index contributed by atoms with van der Waals surface area (Å²) < 4.78 is 0. The highest BCUT2D eigenvalue weighted by Gasteiger charge is 2.42. The summed E-state index contributed by atoms with van der Waals surface area (Å²) in [6, 6.07) is 34.8. The second-order valence-electron chi connectivity index (χ2n) is 8.95. The van der Waals surface area contributed by atoms with Crippen LogP contribution >= 0.6 is 0 Å². The van der Waals surface area contributed by atoms with Crippen LogP contribution in [0.5, 0.6) is 0 Å². The standard InChI is InChI=1S/C29H26N6O/c36-29(22-12-3-1-4-13-22,23-14-5-2-6-15-23)28(35-32-26-18-9-10-19-27(26)33-35)20-11-21-34-30-24-16-7-8-17-25(24)31-34/h1-10,12-19,28,36H,11,20-21H2. The average molecular weight is 475 g/mol. The van der Waals surface area contributed by atoms with Crippen molar-refractivity contribution < 1.29 is 5.11 Å². The lowest BCUT2D eigenvalue weighted by Gasteiger charge is -2.36. The Kier molecular flexibility index (Phi) is 5.75. The number of aryl methyl sites for hydroxylation is 1. The number of benzene rings is 4. The fraction of sp³-hybridized carbons (Fsp3) is 0.172. The normalized spacial score (nSPS) is 12.8. The molecular weight excluding hydrogens is 448 g/mol. The van der Waals surface area contributed by atoms with Crippen molar-refractivity contribution >= 4 is 22.1 Å². The van der Waals surface area contributed by atoms with Gasteiger partial charge in [0.25, 0.3) is 0 Å². The van der Waals surface area contributed by atoms with Crippen molar-refractivity contribution in [3.8, 4) is 0 Å². The molecule has 7 heteroatoms. The Labute approximate surface area is 208 Å². The van der Waals surface area contributed by atoms with Gasteiger partial charge in [0.2, 0.25) is 0 Å². The summed E-state index contributed by atoms with van der Waals surface area (Å²) in [6.45, 7) is 0.617. The maximum Gasteiger partial charge on any atom is 0.139 e. The number of aromatic nitrogens is 6. The molecule has 36 heavy (non-hydrogen) atoms. The summed E-state index contributed by atoms with van der Waals surface area (Å²) in [5.41, 5.74) is 3.59. The number of rotatable bonds is 8. The molecule has 0 aliphatic carbocycles. The highest BCUT2D eigenvalue weighted by Crippen LogP contribution is 2.42. The van der Waals surface area contributed by atoms with Crippen molar-refractivity contribution in [1.29, 1.82) is 0 Å². The molecular formula is C29H26N6O. The lowest BCUT2D eigenvalue weighted by Crippen LogP contribution is -2.39. The van der Waals surface area contributed by atoms with Crippen LogP contribution in [0.15, 0.2) is 109 Å². The minimum atomic E-state index is -1.35. The van der Waals surface area contributed by atoms with E-state index in [1.807, 2.05) is 109 Å². The van der Waals surface area contributed by atoms with Crippen LogP contribution in [0.3, 0.4) is 0 Å². The molecule has 0 saturated heterocycles. The Morgan fingerprint density at radius 2 is 1.00 bits per heavy atom. The first-order valence-electron chi connectivity index (χ1n) is 12.2. The van der Waals surface area contributed by atoms with Crippen molar-refractivity contribution in [2.24, 2.45) is 0 Å². The molecule has 178 valence electrons. The topological polar surface area (TPSA) is 81.6 Å². The Hall–Kier alpha value is -4.36. The fourth-order valence-corrected chi connectivity index (χ4v) is 4.87. The summed E-state index contributed by atoms with van der Waals surface area (Å²) in [4.78, 5) is 3.43. The van der Waals surface area contributed by atoms with Crippen LogP contribution < -0.4 is 0 Å². The first-order chi connectivity index (χ1) is 17.7. The minimum Gasteiger partial charge on any atom is -0.378 e. The molecule has 6 aromatic rings. The van der Waals surface area contributed by atoms with E-state index in [0.717, 1.165) is 39.6 Å². The molecule has 4 aromatic carbocycles. The van der Waals surface area contributed by atoms with Crippen LogP contribution in [0, 0.1) is 0 Å². The van der Waals surface area contributed by atoms with E-state index in [-0.39, 0.29) is 0 Å². The summed E-state index contributed by atoms with van der Waals surface area (Å²) in [5, 5.41) is 31.4. The van der Waals surface area contributed by atoms with Crippen molar-refractivity contribution in [3.05, 3.63) is 120 Å². The monoisotopic (exact) mass is 474 g/mol. The zero-order valence-corrected chi connectivity index (χ0v) is 19.7. The second kappa shape index (κ2) is 9.36. The molecule has 0 aliphatic rings. The number of fused-ring (bicyclic) bond motifs is 2. The van der Waals surface area contributed by atoms with Gasteiger partial charge >= 0.3 is 0 Å². The highest BCUT2D eigenvalue weighted by atomic mass is 16.3. The van der Waals surface area contributed by atoms with Crippen LogP contribution in [0.25, 0.3) is 22.1 Å². The molecule has 0 radical (unpaired) electrons. The minimum absolute atomic E-state index is 0.459. The van der Waals surface area contributed by atoms with E-state index >= 15 is 0 Å². The SMILES string of the molecule is OC(c1ccccc1)(c1ccccc1)C(CCCn1nc2ccccc2n1)n1nc2ccccc2n1. The summed E-state index contributed by atoms with van der Waals surface area (Å²) in [7, 11) is 0. The number of nitrogens with zero attached hydrogens (tertiary/aromatic N) is 6. The van der Waals surface area contributed by atoms with Crippen LogP contribution in [-0.2, 0) is 12.1 Å². The van der Waals surface area contributed by atoms with Crippen molar-refractivity contribution in [2.75, 3.05) is 0 Å². The van der Waals surface area contributed by atoms with Gasteiger partial charge in [-0.2, -0.15) is 30.0 Å². The quantitative estimate of drug-likeness (QED) is 0.331. The van der Waals surface area contributed by atoms with Crippen LogP contribution in [0.4, 0.5) is 0 Å². The zero-order chi connectivity index (χ0) is 24.4. The van der Waals surface area contributed by atoms with E-state index in [0.29, 0.717) is 13.0 Å². The lowest BCUT2D eigenvalue weighted by molar-refractivity contribution is 0.00603. The summed E-state index contributed by atoms with van der Waals surface area (Å²) >= 11 is 0. The predicted octanol–water partition coefficient (Wildman–Crippen LogP) is 5.13. The van der Waals surface area contributed by atoms with Gasteiger partial charge in [-0.05, 0) is 48.2 Å². The van der Waals surface area contributed by atoms with E-state index in [9.17, 15) is 5.11 Å². The van der Waals surface area contributed by atoms with Crippen molar-refractivity contribution in [1.82, 2.24) is 30.0 Å².